The Kier molecular flexibility index (Phi) is 4.65. The second kappa shape index (κ2) is 7.48. The molecule has 0 saturated carbocycles. The van der Waals surface area contributed by atoms with Gasteiger partial charge in [0.15, 0.2) is 11.5 Å². The molecule has 0 fully saturated rings. The van der Waals surface area contributed by atoms with Crippen LogP contribution in [-0.4, -0.2) is 30.6 Å². The Bertz CT molecular complexity index is 1220. The van der Waals surface area contributed by atoms with E-state index in [0.29, 0.717) is 17.3 Å². The van der Waals surface area contributed by atoms with Crippen molar-refractivity contribution < 1.29 is 4.39 Å². The molecule has 6 nitrogen and oxygen atoms in total. The van der Waals surface area contributed by atoms with Crippen LogP contribution in [0.3, 0.4) is 0 Å². The third-order valence-corrected chi connectivity index (χ3v) is 5.66. The van der Waals surface area contributed by atoms with Gasteiger partial charge in [0.05, 0.1) is 12.4 Å². The fourth-order valence-electron chi connectivity index (χ4n) is 4.06. The molecule has 7 heteroatoms. The zero-order chi connectivity index (χ0) is 20.7. The van der Waals surface area contributed by atoms with Gasteiger partial charge in [0.1, 0.15) is 5.82 Å². The minimum absolute atomic E-state index is 0.239. The minimum atomic E-state index is -0.410. The van der Waals surface area contributed by atoms with Crippen molar-refractivity contribution in [2.24, 2.45) is 0 Å². The fourth-order valence-corrected chi connectivity index (χ4v) is 4.06. The van der Waals surface area contributed by atoms with Crippen molar-refractivity contribution in [1.82, 2.24) is 24.6 Å². The van der Waals surface area contributed by atoms with Crippen LogP contribution in [0.5, 0.6) is 0 Å². The van der Waals surface area contributed by atoms with Gasteiger partial charge < -0.3 is 5.32 Å². The fraction of sp³-hybridized carbons (Fsp3) is 0.304. The Morgan fingerprint density at radius 3 is 2.73 bits per heavy atom. The number of hydrogen-bond acceptors (Lipinski definition) is 5. The third-order valence-electron chi connectivity index (χ3n) is 5.66. The number of fused-ring (bicyclic) bond motifs is 2. The number of anilines is 1. The highest BCUT2D eigenvalue weighted by molar-refractivity contribution is 5.62. The molecular formula is C23H23FN6. The third kappa shape index (κ3) is 3.40. The van der Waals surface area contributed by atoms with Gasteiger partial charge in [-0.2, -0.15) is 14.6 Å². The molecule has 0 bridgehead atoms. The highest BCUT2D eigenvalue weighted by atomic mass is 19.1. The molecule has 152 valence electrons. The Labute approximate surface area is 174 Å². The largest absolute Gasteiger partial charge is 0.351 e. The van der Waals surface area contributed by atoms with Gasteiger partial charge in [0.25, 0.3) is 0 Å². The molecule has 1 atom stereocenters. The lowest BCUT2D eigenvalue weighted by molar-refractivity contribution is 0.602. The highest BCUT2D eigenvalue weighted by Gasteiger charge is 2.22. The summed E-state index contributed by atoms with van der Waals surface area (Å²) in [5.74, 6) is 0.906. The number of pyridine rings is 1. The molecule has 1 aliphatic carbocycles. The van der Waals surface area contributed by atoms with E-state index in [9.17, 15) is 4.39 Å². The Hall–Kier alpha value is -3.35. The maximum atomic E-state index is 13.8. The van der Waals surface area contributed by atoms with Gasteiger partial charge in [-0.15, -0.1) is 0 Å². The van der Waals surface area contributed by atoms with Crippen molar-refractivity contribution >= 4 is 11.6 Å². The van der Waals surface area contributed by atoms with Crippen LogP contribution in [0.15, 0.2) is 48.9 Å². The topological polar surface area (TPSA) is 68.0 Å². The summed E-state index contributed by atoms with van der Waals surface area (Å²) < 4.78 is 15.5. The van der Waals surface area contributed by atoms with Gasteiger partial charge in [-0.25, -0.2) is 9.37 Å². The molecule has 3 aromatic heterocycles. The predicted molar refractivity (Wildman–Crippen MR) is 114 cm³/mol. The van der Waals surface area contributed by atoms with E-state index >= 15 is 0 Å². The number of nitrogens with one attached hydrogen (secondary N) is 1. The van der Waals surface area contributed by atoms with Gasteiger partial charge in [-0.1, -0.05) is 38.1 Å². The van der Waals surface area contributed by atoms with Crippen molar-refractivity contribution in [2.75, 3.05) is 5.32 Å². The molecule has 0 unspecified atom stereocenters. The average Bonchev–Trinajstić information content (AvgIpc) is 3.18. The molecular weight excluding hydrogens is 379 g/mol. The first-order valence-corrected chi connectivity index (χ1v) is 10.3. The Balaban J connectivity index is 1.57. The molecule has 0 saturated heterocycles. The summed E-state index contributed by atoms with van der Waals surface area (Å²) in [5, 5.41) is 8.12. The zero-order valence-electron chi connectivity index (χ0n) is 17.0. The van der Waals surface area contributed by atoms with Crippen molar-refractivity contribution in [2.45, 2.75) is 45.1 Å². The first kappa shape index (κ1) is 18.7. The number of aryl methyl sites for hydroxylation is 1. The summed E-state index contributed by atoms with van der Waals surface area (Å²) in [5.41, 5.74) is 5.09. The molecule has 1 aliphatic rings. The zero-order valence-corrected chi connectivity index (χ0v) is 17.0. The number of nitrogens with zero attached hydrogens (tertiary/aromatic N) is 5. The molecule has 0 radical (unpaired) electrons. The van der Waals surface area contributed by atoms with Crippen LogP contribution < -0.4 is 5.32 Å². The Morgan fingerprint density at radius 1 is 1.10 bits per heavy atom. The SMILES string of the molecule is CC(C)c1cnn2c(N[C@@H]3CCc4ccccc4C3)nc(-c3cncc(F)c3)nc12. The summed E-state index contributed by atoms with van der Waals surface area (Å²) in [6.07, 6.45) is 7.57. The predicted octanol–water partition coefficient (Wildman–Crippen LogP) is 4.42. The summed E-state index contributed by atoms with van der Waals surface area (Å²) in [4.78, 5) is 13.4. The Morgan fingerprint density at radius 2 is 1.93 bits per heavy atom. The first-order chi connectivity index (χ1) is 14.6. The number of hydrogen-bond donors (Lipinski definition) is 1. The van der Waals surface area contributed by atoms with Crippen LogP contribution in [0.4, 0.5) is 10.3 Å². The summed E-state index contributed by atoms with van der Waals surface area (Å²) in [6.45, 7) is 4.21. The van der Waals surface area contributed by atoms with Crippen molar-refractivity contribution in [3.63, 3.8) is 0 Å². The van der Waals surface area contributed by atoms with E-state index in [-0.39, 0.29) is 12.0 Å². The van der Waals surface area contributed by atoms with Crippen LogP contribution in [0.25, 0.3) is 17.0 Å². The lowest BCUT2D eigenvalue weighted by Crippen LogP contribution is -2.29. The second-order valence-corrected chi connectivity index (χ2v) is 8.11. The van der Waals surface area contributed by atoms with Crippen LogP contribution in [0, 0.1) is 5.82 Å². The first-order valence-electron chi connectivity index (χ1n) is 10.3. The number of halogens is 1. The molecule has 1 N–H and O–H groups in total. The average molecular weight is 402 g/mol. The van der Waals surface area contributed by atoms with Crippen molar-refractivity contribution in [3.8, 4) is 11.4 Å². The number of rotatable bonds is 4. The maximum Gasteiger partial charge on any atom is 0.228 e. The van der Waals surface area contributed by atoms with Gasteiger partial charge in [-0.3, -0.25) is 4.98 Å². The van der Waals surface area contributed by atoms with Crippen molar-refractivity contribution in [1.29, 1.82) is 0 Å². The highest BCUT2D eigenvalue weighted by Crippen LogP contribution is 2.27. The molecule has 0 amide bonds. The van der Waals surface area contributed by atoms with Crippen LogP contribution in [-0.2, 0) is 12.8 Å². The molecule has 5 rings (SSSR count). The number of benzene rings is 1. The maximum absolute atomic E-state index is 13.8. The van der Waals surface area contributed by atoms with E-state index in [2.05, 4.69) is 53.5 Å². The quantitative estimate of drug-likeness (QED) is 0.547. The van der Waals surface area contributed by atoms with E-state index in [1.54, 1.807) is 10.7 Å². The van der Waals surface area contributed by atoms with E-state index in [0.717, 1.165) is 30.5 Å². The van der Waals surface area contributed by atoms with Gasteiger partial charge in [0, 0.05) is 23.4 Å². The van der Waals surface area contributed by atoms with Gasteiger partial charge >= 0.3 is 0 Å². The molecule has 0 aliphatic heterocycles. The number of aromatic nitrogens is 5. The molecule has 3 heterocycles. The lowest BCUT2D eigenvalue weighted by atomic mass is 9.88. The standard InChI is InChI=1S/C23H23FN6/c1-14(2)20-13-26-30-22(20)28-21(17-9-18(24)12-25-11-17)29-23(30)27-19-8-7-15-5-3-4-6-16(15)10-19/h3-6,9,11-14,19H,7-8,10H2,1-2H3,(H,27,28,29)/t19-/m1/s1. The minimum Gasteiger partial charge on any atom is -0.351 e. The molecule has 1 aromatic carbocycles. The molecule has 0 spiro atoms. The van der Waals surface area contributed by atoms with E-state index in [4.69, 9.17) is 9.97 Å². The summed E-state index contributed by atoms with van der Waals surface area (Å²) in [7, 11) is 0. The van der Waals surface area contributed by atoms with Crippen LogP contribution in [0.1, 0.15) is 42.9 Å². The van der Waals surface area contributed by atoms with Gasteiger partial charge in [0.2, 0.25) is 5.95 Å². The van der Waals surface area contributed by atoms with Gasteiger partial charge in [-0.05, 0) is 42.4 Å². The molecule has 30 heavy (non-hydrogen) atoms. The van der Waals surface area contributed by atoms with E-state index in [1.807, 2.05) is 6.20 Å². The summed E-state index contributed by atoms with van der Waals surface area (Å²) in [6, 6.07) is 10.2. The van der Waals surface area contributed by atoms with E-state index in [1.165, 1.54) is 23.4 Å². The van der Waals surface area contributed by atoms with Crippen molar-refractivity contribution in [3.05, 3.63) is 71.4 Å². The van der Waals surface area contributed by atoms with E-state index < -0.39 is 5.82 Å². The summed E-state index contributed by atoms with van der Waals surface area (Å²) >= 11 is 0. The lowest BCUT2D eigenvalue weighted by Gasteiger charge is -2.26. The normalized spacial score (nSPS) is 16.1. The smallest absolute Gasteiger partial charge is 0.228 e. The van der Waals surface area contributed by atoms with Crippen LogP contribution in [0.2, 0.25) is 0 Å². The monoisotopic (exact) mass is 402 g/mol. The van der Waals surface area contributed by atoms with Crippen LogP contribution >= 0.6 is 0 Å². The second-order valence-electron chi connectivity index (χ2n) is 8.11. The molecule has 4 aromatic rings.